The molecule has 1 rings (SSSR count). The lowest BCUT2D eigenvalue weighted by atomic mass is 10.1. The van der Waals surface area contributed by atoms with Crippen molar-refractivity contribution in [1.29, 1.82) is 0 Å². The lowest BCUT2D eigenvalue weighted by Crippen LogP contribution is -2.35. The highest BCUT2D eigenvalue weighted by Gasteiger charge is 2.16. The summed E-state index contributed by atoms with van der Waals surface area (Å²) in [6.07, 6.45) is 2.40. The second-order valence-electron chi connectivity index (χ2n) is 3.98. The van der Waals surface area contributed by atoms with Gasteiger partial charge in [-0.2, -0.15) is 0 Å². The standard InChI is InChI=1S/C12H15Cl2FN2O/c1-2-3-4-10(16)12(18)17-11-8(13)5-7(15)6-9(11)14/h5-6,10H,2-4,16H2,1H3,(H,17,18)/t10-/m0/s1. The molecule has 100 valence electrons. The van der Waals surface area contributed by atoms with E-state index in [-0.39, 0.29) is 21.6 Å². The number of nitrogens with two attached hydrogens (primary N) is 1. The summed E-state index contributed by atoms with van der Waals surface area (Å²) in [4.78, 5) is 11.8. The molecule has 0 aliphatic rings. The van der Waals surface area contributed by atoms with Crippen molar-refractivity contribution in [3.63, 3.8) is 0 Å². The largest absolute Gasteiger partial charge is 0.322 e. The number of unbranched alkanes of at least 4 members (excludes halogenated alkanes) is 1. The summed E-state index contributed by atoms with van der Waals surface area (Å²) in [7, 11) is 0. The molecule has 0 fully saturated rings. The van der Waals surface area contributed by atoms with Crippen LogP contribution in [0.15, 0.2) is 12.1 Å². The van der Waals surface area contributed by atoms with Crippen molar-refractivity contribution in [2.24, 2.45) is 5.73 Å². The SMILES string of the molecule is CCCC[C@H](N)C(=O)Nc1c(Cl)cc(F)cc1Cl. The fraction of sp³-hybridized carbons (Fsp3) is 0.417. The number of nitrogens with one attached hydrogen (secondary N) is 1. The molecule has 0 radical (unpaired) electrons. The fourth-order valence-corrected chi connectivity index (χ4v) is 1.99. The molecule has 1 aromatic carbocycles. The summed E-state index contributed by atoms with van der Waals surface area (Å²) in [6, 6.07) is 1.54. The molecule has 0 saturated carbocycles. The molecule has 0 aromatic heterocycles. The zero-order valence-corrected chi connectivity index (χ0v) is 11.5. The van der Waals surface area contributed by atoms with Gasteiger partial charge in [0.15, 0.2) is 0 Å². The number of benzene rings is 1. The molecular formula is C12H15Cl2FN2O. The lowest BCUT2D eigenvalue weighted by molar-refractivity contribution is -0.117. The predicted octanol–water partition coefficient (Wildman–Crippen LogP) is 3.59. The third-order valence-electron chi connectivity index (χ3n) is 2.46. The van der Waals surface area contributed by atoms with Crippen molar-refractivity contribution in [3.8, 4) is 0 Å². The van der Waals surface area contributed by atoms with Crippen LogP contribution in [-0.2, 0) is 4.79 Å². The summed E-state index contributed by atoms with van der Waals surface area (Å²) in [5.41, 5.74) is 5.90. The van der Waals surface area contributed by atoms with E-state index in [1.54, 1.807) is 0 Å². The van der Waals surface area contributed by atoms with Gasteiger partial charge in [0.1, 0.15) is 5.82 Å². The van der Waals surface area contributed by atoms with Gasteiger partial charge in [0.05, 0.1) is 21.8 Å². The Labute approximate surface area is 115 Å². The zero-order chi connectivity index (χ0) is 13.7. The number of hydrogen-bond donors (Lipinski definition) is 2. The van der Waals surface area contributed by atoms with Crippen LogP contribution in [0.5, 0.6) is 0 Å². The summed E-state index contributed by atoms with van der Waals surface area (Å²) < 4.78 is 13.0. The maximum atomic E-state index is 13.0. The lowest BCUT2D eigenvalue weighted by Gasteiger charge is -2.14. The summed E-state index contributed by atoms with van der Waals surface area (Å²) in [5.74, 6) is -0.933. The number of halogens is 3. The Morgan fingerprint density at radius 3 is 2.50 bits per heavy atom. The molecule has 1 aromatic rings. The molecule has 0 unspecified atom stereocenters. The van der Waals surface area contributed by atoms with Gasteiger partial charge in [-0.1, -0.05) is 43.0 Å². The molecule has 0 aliphatic heterocycles. The number of carbonyl (C=O) groups is 1. The Hall–Kier alpha value is -0.840. The topological polar surface area (TPSA) is 55.1 Å². The molecule has 3 nitrogen and oxygen atoms in total. The van der Waals surface area contributed by atoms with Crippen molar-refractivity contribution in [2.45, 2.75) is 32.2 Å². The fourth-order valence-electron chi connectivity index (χ4n) is 1.43. The molecule has 0 heterocycles. The predicted molar refractivity (Wildman–Crippen MR) is 72.6 cm³/mol. The quantitative estimate of drug-likeness (QED) is 0.871. The Morgan fingerprint density at radius 2 is 2.00 bits per heavy atom. The zero-order valence-electron chi connectivity index (χ0n) is 9.97. The van der Waals surface area contributed by atoms with Gasteiger partial charge >= 0.3 is 0 Å². The second kappa shape index (κ2) is 6.92. The maximum Gasteiger partial charge on any atom is 0.241 e. The van der Waals surface area contributed by atoms with E-state index in [0.717, 1.165) is 25.0 Å². The van der Waals surface area contributed by atoms with E-state index in [1.807, 2.05) is 6.92 Å². The Kier molecular flexibility index (Phi) is 5.85. The summed E-state index contributed by atoms with van der Waals surface area (Å²) in [5, 5.41) is 2.62. The molecule has 1 atom stereocenters. The number of rotatable bonds is 5. The summed E-state index contributed by atoms with van der Waals surface area (Å²) >= 11 is 11.6. The Balaban J connectivity index is 2.76. The minimum Gasteiger partial charge on any atom is -0.322 e. The molecule has 0 spiro atoms. The normalized spacial score (nSPS) is 12.3. The highest BCUT2D eigenvalue weighted by Crippen LogP contribution is 2.31. The molecule has 18 heavy (non-hydrogen) atoms. The van der Waals surface area contributed by atoms with Gasteiger partial charge in [-0.3, -0.25) is 4.79 Å². The van der Waals surface area contributed by atoms with Crippen molar-refractivity contribution < 1.29 is 9.18 Å². The van der Waals surface area contributed by atoms with E-state index < -0.39 is 11.9 Å². The van der Waals surface area contributed by atoms with E-state index in [4.69, 9.17) is 28.9 Å². The van der Waals surface area contributed by atoms with Crippen LogP contribution in [0.1, 0.15) is 26.2 Å². The van der Waals surface area contributed by atoms with Gasteiger partial charge in [-0.15, -0.1) is 0 Å². The molecule has 0 aliphatic carbocycles. The third-order valence-corrected chi connectivity index (χ3v) is 3.06. The third kappa shape index (κ3) is 4.12. The number of carbonyl (C=O) groups excluding carboxylic acids is 1. The average Bonchev–Trinajstić information content (AvgIpc) is 2.30. The van der Waals surface area contributed by atoms with Crippen LogP contribution in [-0.4, -0.2) is 11.9 Å². The first-order valence-corrected chi connectivity index (χ1v) is 6.42. The van der Waals surface area contributed by atoms with Gasteiger partial charge in [-0.25, -0.2) is 4.39 Å². The second-order valence-corrected chi connectivity index (χ2v) is 4.80. The maximum absolute atomic E-state index is 13.0. The van der Waals surface area contributed by atoms with Crippen molar-refractivity contribution in [2.75, 3.05) is 5.32 Å². The highest BCUT2D eigenvalue weighted by molar-refractivity contribution is 6.39. The van der Waals surface area contributed by atoms with Crippen LogP contribution >= 0.6 is 23.2 Å². The number of amides is 1. The summed E-state index contributed by atoms with van der Waals surface area (Å²) in [6.45, 7) is 2.01. The van der Waals surface area contributed by atoms with Gasteiger partial charge in [0.2, 0.25) is 5.91 Å². The minimum atomic E-state index is -0.623. The first-order chi connectivity index (χ1) is 8.45. The van der Waals surface area contributed by atoms with Crippen LogP contribution in [0.25, 0.3) is 0 Å². The van der Waals surface area contributed by atoms with Crippen molar-refractivity contribution >= 4 is 34.8 Å². The monoisotopic (exact) mass is 292 g/mol. The van der Waals surface area contributed by atoms with Gasteiger partial charge in [0.25, 0.3) is 0 Å². The first-order valence-electron chi connectivity index (χ1n) is 5.66. The smallest absolute Gasteiger partial charge is 0.241 e. The minimum absolute atomic E-state index is 0.0519. The van der Waals surface area contributed by atoms with Crippen LogP contribution in [0.2, 0.25) is 10.0 Å². The molecular weight excluding hydrogens is 278 g/mol. The number of anilines is 1. The molecule has 0 saturated heterocycles. The van der Waals surface area contributed by atoms with Gasteiger partial charge in [0, 0.05) is 0 Å². The van der Waals surface area contributed by atoms with Crippen molar-refractivity contribution in [1.82, 2.24) is 0 Å². The van der Waals surface area contributed by atoms with Crippen LogP contribution in [0.4, 0.5) is 10.1 Å². The van der Waals surface area contributed by atoms with Gasteiger partial charge in [-0.05, 0) is 18.6 Å². The van der Waals surface area contributed by atoms with E-state index in [9.17, 15) is 9.18 Å². The van der Waals surface area contributed by atoms with E-state index >= 15 is 0 Å². The molecule has 3 N–H and O–H groups in total. The first kappa shape index (κ1) is 15.2. The average molecular weight is 293 g/mol. The molecule has 6 heteroatoms. The van der Waals surface area contributed by atoms with E-state index in [2.05, 4.69) is 5.32 Å². The van der Waals surface area contributed by atoms with Crippen molar-refractivity contribution in [3.05, 3.63) is 28.0 Å². The number of hydrogen-bond acceptors (Lipinski definition) is 2. The van der Waals surface area contributed by atoms with Crippen LogP contribution in [0.3, 0.4) is 0 Å². The Bertz CT molecular complexity index is 417. The van der Waals surface area contributed by atoms with Gasteiger partial charge < -0.3 is 11.1 Å². The highest BCUT2D eigenvalue weighted by atomic mass is 35.5. The Morgan fingerprint density at radius 1 is 1.44 bits per heavy atom. The van der Waals surface area contributed by atoms with Crippen LogP contribution < -0.4 is 11.1 Å². The van der Waals surface area contributed by atoms with Crippen LogP contribution in [0, 0.1) is 5.82 Å². The molecule has 0 bridgehead atoms. The van der Waals surface area contributed by atoms with E-state index in [0.29, 0.717) is 6.42 Å². The van der Waals surface area contributed by atoms with E-state index in [1.165, 1.54) is 0 Å². The molecule has 1 amide bonds.